The minimum Gasteiger partial charge on any atom is -0.693 e. The second-order valence-electron chi connectivity index (χ2n) is 2.24. The van der Waals surface area contributed by atoms with E-state index in [9.17, 15) is 8.42 Å². The molecule has 0 amide bonds. The first-order chi connectivity index (χ1) is 5.02. The molecule has 0 fully saturated rings. The van der Waals surface area contributed by atoms with Crippen molar-refractivity contribution >= 4 is 10.0 Å². The number of hydrogen-bond acceptors (Lipinski definition) is 2. The predicted molar refractivity (Wildman–Crippen MR) is 46.7 cm³/mol. The standard InChI is InChI=1S/C7H8NO2S.H2N.Y/c1-6-4-2-3-5-7(6)11(8,9)10;;/h2,4-5H,1H3,(H2,8,9,10);1H2;/q2*-1;+3. The summed E-state index contributed by atoms with van der Waals surface area (Å²) in [5.41, 5.74) is 0.645. The molecule has 0 radical (unpaired) electrons. The summed E-state index contributed by atoms with van der Waals surface area (Å²) in [6.45, 7) is 1.69. The van der Waals surface area contributed by atoms with Crippen LogP contribution in [0.3, 0.4) is 0 Å². The van der Waals surface area contributed by atoms with Crippen molar-refractivity contribution in [1.29, 1.82) is 0 Å². The maximum atomic E-state index is 10.8. The molecule has 4 N–H and O–H groups in total. The molecule has 1 aromatic carbocycles. The monoisotopic (exact) mass is 275 g/mol. The van der Waals surface area contributed by atoms with E-state index in [1.165, 1.54) is 6.07 Å². The number of hydrogen-bond donors (Lipinski definition) is 1. The smallest absolute Gasteiger partial charge is 0.693 e. The molecule has 0 atom stereocenters. The first kappa shape index (κ1) is 15.7. The zero-order chi connectivity index (χ0) is 8.48. The van der Waals surface area contributed by atoms with Crippen LogP contribution in [0.2, 0.25) is 0 Å². The van der Waals surface area contributed by atoms with Gasteiger partial charge in [-0.1, -0.05) is 6.92 Å². The van der Waals surface area contributed by atoms with Gasteiger partial charge in [0.15, 0.2) is 10.0 Å². The minimum atomic E-state index is -3.56. The number of rotatable bonds is 1. The third kappa shape index (κ3) is 4.29. The Morgan fingerprint density at radius 2 is 2.00 bits per heavy atom. The molecule has 6 heteroatoms. The van der Waals surface area contributed by atoms with Crippen LogP contribution >= 0.6 is 0 Å². The van der Waals surface area contributed by atoms with Crippen LogP contribution in [0.5, 0.6) is 0 Å². The molecule has 1 aromatic rings. The molecule has 0 saturated heterocycles. The van der Waals surface area contributed by atoms with Gasteiger partial charge < -0.3 is 6.15 Å². The maximum Gasteiger partial charge on any atom is 3.00 e. The SMILES string of the molecule is Cc1cc[c-]cc1S(N)(=O)=O.[NH2-].[Y+3]. The molecule has 0 bridgehead atoms. The van der Waals surface area contributed by atoms with Gasteiger partial charge in [-0.15, -0.1) is 5.56 Å². The van der Waals surface area contributed by atoms with Crippen LogP contribution in [0, 0.1) is 13.0 Å². The van der Waals surface area contributed by atoms with Crippen molar-refractivity contribution in [3.63, 3.8) is 0 Å². The Balaban J connectivity index is 0. The number of benzene rings is 1. The summed E-state index contributed by atoms with van der Waals surface area (Å²) in [7, 11) is -3.56. The van der Waals surface area contributed by atoms with Gasteiger partial charge in [-0.25, -0.2) is 13.6 Å². The van der Waals surface area contributed by atoms with E-state index in [0.29, 0.717) is 5.56 Å². The molecule has 0 aromatic heterocycles. The topological polar surface area (TPSA) is 93.7 Å². The molecule has 13 heavy (non-hydrogen) atoms. The van der Waals surface area contributed by atoms with Crippen molar-refractivity contribution in [2.45, 2.75) is 11.8 Å². The molecule has 0 aliphatic heterocycles. The molecule has 0 spiro atoms. The van der Waals surface area contributed by atoms with Crippen molar-refractivity contribution < 1.29 is 41.1 Å². The minimum absolute atomic E-state index is 0. The Hall–Kier alpha value is 0.194. The predicted octanol–water partition coefficient (Wildman–Crippen LogP) is 1.16. The second-order valence-corrected chi connectivity index (χ2v) is 3.77. The fourth-order valence-electron chi connectivity index (χ4n) is 0.799. The van der Waals surface area contributed by atoms with Gasteiger partial charge in [-0.05, 0) is 4.90 Å². The van der Waals surface area contributed by atoms with E-state index in [0.717, 1.165) is 0 Å². The van der Waals surface area contributed by atoms with E-state index in [1.54, 1.807) is 19.1 Å². The van der Waals surface area contributed by atoms with Crippen molar-refractivity contribution in [3.8, 4) is 0 Å². The van der Waals surface area contributed by atoms with E-state index in [2.05, 4.69) is 6.07 Å². The Morgan fingerprint density at radius 1 is 1.46 bits per heavy atom. The summed E-state index contributed by atoms with van der Waals surface area (Å²) in [6, 6.07) is 7.31. The van der Waals surface area contributed by atoms with E-state index in [4.69, 9.17) is 5.14 Å². The summed E-state index contributed by atoms with van der Waals surface area (Å²) in [5, 5.41) is 4.91. The third-order valence-corrected chi connectivity index (χ3v) is 2.39. The zero-order valence-electron chi connectivity index (χ0n) is 7.19. The van der Waals surface area contributed by atoms with Crippen LogP contribution in [0.4, 0.5) is 0 Å². The number of sulfonamides is 1. The Kier molecular flexibility index (Phi) is 7.02. The Bertz CT molecular complexity index is 365. The molecule has 1 rings (SSSR count). The molecule has 0 aliphatic carbocycles. The van der Waals surface area contributed by atoms with Gasteiger partial charge in [-0.2, -0.15) is 24.3 Å². The van der Waals surface area contributed by atoms with Gasteiger partial charge >= 0.3 is 32.7 Å². The van der Waals surface area contributed by atoms with Crippen LogP contribution in [0.15, 0.2) is 23.1 Å². The van der Waals surface area contributed by atoms with Gasteiger partial charge in [0.2, 0.25) is 0 Å². The van der Waals surface area contributed by atoms with Crippen LogP contribution in [-0.4, -0.2) is 8.42 Å². The van der Waals surface area contributed by atoms with Crippen LogP contribution in [-0.2, 0) is 42.7 Å². The zero-order valence-corrected chi connectivity index (χ0v) is 10.8. The van der Waals surface area contributed by atoms with E-state index in [1.807, 2.05) is 0 Å². The van der Waals surface area contributed by atoms with Gasteiger partial charge in [0.05, 0.1) is 0 Å². The van der Waals surface area contributed by atoms with Crippen molar-refractivity contribution in [2.75, 3.05) is 0 Å². The van der Waals surface area contributed by atoms with Gasteiger partial charge in [0, 0.05) is 0 Å². The van der Waals surface area contributed by atoms with Gasteiger partial charge in [0.1, 0.15) is 0 Å². The van der Waals surface area contributed by atoms with Crippen molar-refractivity contribution in [3.05, 3.63) is 36.0 Å². The quantitative estimate of drug-likeness (QED) is 0.778. The third-order valence-electron chi connectivity index (χ3n) is 1.34. The fraction of sp³-hybridized carbons (Fsp3) is 0.143. The largest absolute Gasteiger partial charge is 3.00 e. The summed E-state index contributed by atoms with van der Waals surface area (Å²) >= 11 is 0. The van der Waals surface area contributed by atoms with Crippen molar-refractivity contribution in [1.82, 2.24) is 0 Å². The second kappa shape index (κ2) is 5.83. The average molecular weight is 275 g/mol. The Morgan fingerprint density at radius 3 is 2.31 bits per heavy atom. The number of aryl methyl sites for hydroxylation is 1. The normalized spacial score (nSPS) is 9.69. The first-order valence-corrected chi connectivity index (χ1v) is 4.56. The van der Waals surface area contributed by atoms with Crippen LogP contribution < -0.4 is 5.14 Å². The summed E-state index contributed by atoms with van der Waals surface area (Å²) in [5.74, 6) is 0. The molecule has 0 unspecified atom stereocenters. The van der Waals surface area contributed by atoms with Gasteiger partial charge in [0.25, 0.3) is 0 Å². The maximum absolute atomic E-state index is 10.8. The Labute approximate surface area is 103 Å². The molecular weight excluding hydrogens is 265 g/mol. The summed E-state index contributed by atoms with van der Waals surface area (Å²) < 4.78 is 21.6. The molecule has 4 nitrogen and oxygen atoms in total. The first-order valence-electron chi connectivity index (χ1n) is 3.01. The van der Waals surface area contributed by atoms with E-state index in [-0.39, 0.29) is 43.8 Å². The number of nitrogens with two attached hydrogens (primary N) is 2. The fourth-order valence-corrected chi connectivity index (χ4v) is 1.55. The van der Waals surface area contributed by atoms with Gasteiger partial charge in [-0.3, -0.25) is 0 Å². The molecule has 68 valence electrons. The van der Waals surface area contributed by atoms with Crippen molar-refractivity contribution in [2.24, 2.45) is 5.14 Å². The summed E-state index contributed by atoms with van der Waals surface area (Å²) in [6.07, 6.45) is 0. The molecular formula is C7H10N2O2SY+. The van der Waals surface area contributed by atoms with Crippen LogP contribution in [0.25, 0.3) is 6.15 Å². The van der Waals surface area contributed by atoms with E-state index < -0.39 is 10.0 Å². The average Bonchev–Trinajstić information content (AvgIpc) is 1.86. The molecule has 0 heterocycles. The molecule has 0 aliphatic rings. The van der Waals surface area contributed by atoms with Crippen LogP contribution in [0.1, 0.15) is 5.56 Å². The summed E-state index contributed by atoms with van der Waals surface area (Å²) in [4.78, 5) is 0.139. The molecule has 0 saturated carbocycles. The number of primary sulfonamides is 1. The van der Waals surface area contributed by atoms with E-state index >= 15 is 0 Å².